The highest BCUT2D eigenvalue weighted by molar-refractivity contribution is 5.73. The van der Waals surface area contributed by atoms with Crippen LogP contribution in [-0.2, 0) is 4.79 Å². The number of nitrogens with zero attached hydrogens (tertiary/aromatic N) is 1. The average Bonchev–Trinajstić information content (AvgIpc) is 3.19. The molecular weight excluding hydrogens is 414 g/mol. The minimum Gasteiger partial charge on any atom is -0.493 e. The maximum atomic E-state index is 12.9. The van der Waals surface area contributed by atoms with Crippen molar-refractivity contribution in [2.75, 3.05) is 24.6 Å². The molecule has 5 nitrogen and oxygen atoms in total. The summed E-state index contributed by atoms with van der Waals surface area (Å²) < 4.78 is 37.7. The molecule has 0 bridgehead atoms. The summed E-state index contributed by atoms with van der Waals surface area (Å²) in [4.78, 5) is 13.5. The van der Waals surface area contributed by atoms with Crippen molar-refractivity contribution in [3.8, 4) is 11.5 Å². The van der Waals surface area contributed by atoms with Gasteiger partial charge >= 0.3 is 0 Å². The lowest BCUT2D eigenvalue weighted by molar-refractivity contribution is -0.120. The molecule has 7 heteroatoms. The van der Waals surface area contributed by atoms with E-state index in [1.165, 1.54) is 6.92 Å². The Morgan fingerprint density at radius 3 is 2.41 bits per heavy atom. The van der Waals surface area contributed by atoms with E-state index in [2.05, 4.69) is 10.2 Å². The standard InChI is InChI=1S/C25H30F2N2O3/c1-17(28-18(2)30)20-3-7-23(8-4-20)32-24-11-12-29(15-24)21-5-9-22(10-6-21)31-16-19-13-25(26,27)14-19/h3-10,17,19,24H,11-16H2,1-2H3,(H,28,30)/t17-,24+/m0/s1. The van der Waals surface area contributed by atoms with E-state index in [9.17, 15) is 13.6 Å². The second-order valence-electron chi connectivity index (χ2n) is 8.90. The Kier molecular flexibility index (Phi) is 6.53. The third-order valence-corrected chi connectivity index (χ3v) is 6.11. The summed E-state index contributed by atoms with van der Waals surface area (Å²) in [5, 5.41) is 2.88. The van der Waals surface area contributed by atoms with Crippen molar-refractivity contribution in [1.82, 2.24) is 5.32 Å². The second-order valence-corrected chi connectivity index (χ2v) is 8.90. The van der Waals surface area contributed by atoms with Crippen molar-refractivity contribution >= 4 is 11.6 Å². The molecule has 0 aromatic heterocycles. The fourth-order valence-corrected chi connectivity index (χ4v) is 4.34. The molecule has 2 aromatic rings. The molecule has 0 spiro atoms. The van der Waals surface area contributed by atoms with Crippen LogP contribution in [0.25, 0.3) is 0 Å². The Morgan fingerprint density at radius 2 is 1.78 bits per heavy atom. The Hall–Kier alpha value is -2.83. The van der Waals surface area contributed by atoms with Crippen LogP contribution in [0.4, 0.5) is 14.5 Å². The normalized spacial score (nSPS) is 21.0. The Bertz CT molecular complexity index is 910. The number of carbonyl (C=O) groups excluding carboxylic acids is 1. The van der Waals surface area contributed by atoms with Gasteiger partial charge in [0, 0.05) is 44.3 Å². The van der Waals surface area contributed by atoms with Gasteiger partial charge in [-0.05, 0) is 48.9 Å². The van der Waals surface area contributed by atoms with Gasteiger partial charge in [0.1, 0.15) is 17.6 Å². The minimum absolute atomic E-state index is 0.0369. The number of rotatable bonds is 8. The largest absolute Gasteiger partial charge is 0.493 e. The molecule has 2 fully saturated rings. The fraction of sp³-hybridized carbons (Fsp3) is 0.480. The van der Waals surface area contributed by atoms with E-state index < -0.39 is 5.92 Å². The molecule has 1 saturated heterocycles. The molecule has 0 radical (unpaired) electrons. The first-order chi connectivity index (χ1) is 15.3. The van der Waals surface area contributed by atoms with Gasteiger partial charge in [0.05, 0.1) is 19.2 Å². The number of ether oxygens (including phenoxy) is 2. The number of benzene rings is 2. The van der Waals surface area contributed by atoms with Crippen LogP contribution >= 0.6 is 0 Å². The van der Waals surface area contributed by atoms with Crippen LogP contribution < -0.4 is 19.7 Å². The summed E-state index contributed by atoms with van der Waals surface area (Å²) in [6.45, 7) is 5.51. The van der Waals surface area contributed by atoms with E-state index in [4.69, 9.17) is 9.47 Å². The van der Waals surface area contributed by atoms with Crippen molar-refractivity contribution < 1.29 is 23.0 Å². The molecular formula is C25H30F2N2O3. The monoisotopic (exact) mass is 444 g/mol. The van der Waals surface area contributed by atoms with Crippen molar-refractivity contribution in [2.24, 2.45) is 5.92 Å². The number of hydrogen-bond donors (Lipinski definition) is 1. The van der Waals surface area contributed by atoms with Gasteiger partial charge < -0.3 is 19.7 Å². The second kappa shape index (κ2) is 9.35. The van der Waals surface area contributed by atoms with Gasteiger partial charge in [-0.25, -0.2) is 8.78 Å². The van der Waals surface area contributed by atoms with Gasteiger partial charge in [0.15, 0.2) is 0 Å². The smallest absolute Gasteiger partial charge is 0.248 e. The van der Waals surface area contributed by atoms with E-state index in [0.29, 0.717) is 12.4 Å². The first kappa shape index (κ1) is 22.4. The number of hydrogen-bond acceptors (Lipinski definition) is 4. The molecule has 1 heterocycles. The number of carbonyl (C=O) groups is 1. The van der Waals surface area contributed by atoms with E-state index in [0.717, 1.165) is 36.5 Å². The molecule has 1 amide bonds. The van der Waals surface area contributed by atoms with Crippen LogP contribution in [0.15, 0.2) is 48.5 Å². The topological polar surface area (TPSA) is 50.8 Å². The summed E-state index contributed by atoms with van der Waals surface area (Å²) in [7, 11) is 0. The number of alkyl halides is 2. The predicted molar refractivity (Wildman–Crippen MR) is 120 cm³/mol. The zero-order valence-electron chi connectivity index (χ0n) is 18.5. The molecule has 32 heavy (non-hydrogen) atoms. The summed E-state index contributed by atoms with van der Waals surface area (Å²) in [5.41, 5.74) is 2.13. The maximum absolute atomic E-state index is 12.9. The van der Waals surface area contributed by atoms with E-state index in [1.54, 1.807) is 0 Å². The summed E-state index contributed by atoms with van der Waals surface area (Å²) in [6.07, 6.45) is 0.886. The molecule has 2 aromatic carbocycles. The Morgan fingerprint density at radius 1 is 1.12 bits per heavy atom. The molecule has 2 aliphatic rings. The van der Waals surface area contributed by atoms with Crippen LogP contribution in [0.1, 0.15) is 44.7 Å². The molecule has 0 unspecified atom stereocenters. The van der Waals surface area contributed by atoms with Crippen molar-refractivity contribution in [3.05, 3.63) is 54.1 Å². The van der Waals surface area contributed by atoms with Crippen molar-refractivity contribution in [1.29, 1.82) is 0 Å². The molecule has 1 aliphatic heterocycles. The van der Waals surface area contributed by atoms with Gasteiger partial charge in [-0.1, -0.05) is 12.1 Å². The molecule has 1 saturated carbocycles. The minimum atomic E-state index is -2.50. The molecule has 4 rings (SSSR count). The number of nitrogens with one attached hydrogen (secondary N) is 1. The molecule has 1 N–H and O–H groups in total. The number of halogens is 2. The van der Waals surface area contributed by atoms with Crippen molar-refractivity contribution in [2.45, 2.75) is 51.2 Å². The van der Waals surface area contributed by atoms with Gasteiger partial charge in [-0.2, -0.15) is 0 Å². The predicted octanol–water partition coefficient (Wildman–Crippen LogP) is 4.97. The van der Waals surface area contributed by atoms with Crippen LogP contribution in [0.5, 0.6) is 11.5 Å². The first-order valence-electron chi connectivity index (χ1n) is 11.2. The molecule has 172 valence electrons. The molecule has 2 atom stereocenters. The van der Waals surface area contributed by atoms with Crippen LogP contribution in [-0.4, -0.2) is 37.6 Å². The van der Waals surface area contributed by atoms with Crippen LogP contribution in [0, 0.1) is 5.92 Å². The fourth-order valence-electron chi connectivity index (χ4n) is 4.34. The lowest BCUT2D eigenvalue weighted by Gasteiger charge is -2.34. The Labute approximate surface area is 187 Å². The van der Waals surface area contributed by atoms with E-state index in [-0.39, 0.29) is 36.8 Å². The van der Waals surface area contributed by atoms with Gasteiger partial charge in [0.2, 0.25) is 11.8 Å². The van der Waals surface area contributed by atoms with Crippen molar-refractivity contribution in [3.63, 3.8) is 0 Å². The highest BCUT2D eigenvalue weighted by atomic mass is 19.3. The summed E-state index contributed by atoms with van der Waals surface area (Å²) >= 11 is 0. The SMILES string of the molecule is CC(=O)N[C@@H](C)c1ccc(O[C@@H]2CCN(c3ccc(OCC4CC(F)(F)C4)cc3)C2)cc1. The first-order valence-corrected chi connectivity index (χ1v) is 11.2. The third kappa shape index (κ3) is 5.69. The van der Waals surface area contributed by atoms with Gasteiger partial charge in [-0.15, -0.1) is 0 Å². The van der Waals surface area contributed by atoms with E-state index in [1.807, 2.05) is 55.5 Å². The van der Waals surface area contributed by atoms with Crippen LogP contribution in [0.3, 0.4) is 0 Å². The maximum Gasteiger partial charge on any atom is 0.248 e. The van der Waals surface area contributed by atoms with Gasteiger partial charge in [0.25, 0.3) is 0 Å². The highest BCUT2D eigenvalue weighted by Crippen LogP contribution is 2.42. The molecule has 1 aliphatic carbocycles. The number of anilines is 1. The zero-order valence-corrected chi connectivity index (χ0v) is 18.5. The zero-order chi connectivity index (χ0) is 22.7. The van der Waals surface area contributed by atoms with Crippen LogP contribution in [0.2, 0.25) is 0 Å². The van der Waals surface area contributed by atoms with E-state index >= 15 is 0 Å². The summed E-state index contributed by atoms with van der Waals surface area (Å²) in [5.74, 6) is -1.07. The average molecular weight is 445 g/mol. The lowest BCUT2D eigenvalue weighted by Crippen LogP contribution is -2.38. The highest BCUT2D eigenvalue weighted by Gasteiger charge is 2.45. The number of amides is 1. The summed E-state index contributed by atoms with van der Waals surface area (Å²) in [6, 6.07) is 15.6. The Balaban J connectivity index is 1.24. The third-order valence-electron chi connectivity index (χ3n) is 6.11. The quantitative estimate of drug-likeness (QED) is 0.625. The van der Waals surface area contributed by atoms with Gasteiger partial charge in [-0.3, -0.25) is 4.79 Å². The lowest BCUT2D eigenvalue weighted by atomic mass is 9.82.